The molecule has 6 heteroatoms. The zero-order valence-corrected chi connectivity index (χ0v) is 11.1. The summed E-state index contributed by atoms with van der Waals surface area (Å²) in [5.41, 5.74) is 1.09. The van der Waals surface area contributed by atoms with Crippen molar-refractivity contribution in [2.45, 2.75) is 19.9 Å². The van der Waals surface area contributed by atoms with Crippen LogP contribution in [0.25, 0.3) is 0 Å². The molecule has 2 amide bonds. The van der Waals surface area contributed by atoms with Crippen LogP contribution in [0.5, 0.6) is 0 Å². The lowest BCUT2D eigenvalue weighted by molar-refractivity contribution is -0.139. The van der Waals surface area contributed by atoms with Gasteiger partial charge in [0.1, 0.15) is 0 Å². The van der Waals surface area contributed by atoms with Crippen LogP contribution in [0.3, 0.4) is 0 Å². The Labute approximate surface area is 110 Å². The number of rotatable bonds is 5. The minimum absolute atomic E-state index is 0.380. The summed E-state index contributed by atoms with van der Waals surface area (Å²) in [7, 11) is 0. The molecule has 0 radical (unpaired) electrons. The van der Waals surface area contributed by atoms with Gasteiger partial charge in [0.05, 0.1) is 0 Å². The third-order valence-electron chi connectivity index (χ3n) is 2.12. The molecule has 1 heterocycles. The fraction of sp³-hybridized carbons (Fsp3) is 0.333. The predicted molar refractivity (Wildman–Crippen MR) is 70.7 cm³/mol. The van der Waals surface area contributed by atoms with Gasteiger partial charge < -0.3 is 15.7 Å². The van der Waals surface area contributed by atoms with Crippen LogP contribution in [0.2, 0.25) is 0 Å². The number of carboxylic acid groups (broad SMARTS) is 1. The summed E-state index contributed by atoms with van der Waals surface area (Å²) in [4.78, 5) is 23.2. The van der Waals surface area contributed by atoms with E-state index < -0.39 is 18.0 Å². The standard InChI is InChI=1S/C12H16N2O3S/c1-8(2)5-6-13-12(17)14-10(11(15)16)9-4-3-7-18-9/h3-5,7,10H,6H2,1-2H3,(H,15,16)(H2,13,14,17). The summed E-state index contributed by atoms with van der Waals surface area (Å²) in [5, 5.41) is 15.8. The van der Waals surface area contributed by atoms with Gasteiger partial charge in [-0.05, 0) is 25.3 Å². The van der Waals surface area contributed by atoms with Crippen LogP contribution in [0.1, 0.15) is 24.8 Å². The van der Waals surface area contributed by atoms with Crippen molar-refractivity contribution < 1.29 is 14.7 Å². The number of carboxylic acids is 1. The van der Waals surface area contributed by atoms with Crippen LogP contribution in [0, 0.1) is 0 Å². The summed E-state index contributed by atoms with van der Waals surface area (Å²) >= 11 is 1.29. The van der Waals surface area contributed by atoms with E-state index in [0.717, 1.165) is 5.57 Å². The van der Waals surface area contributed by atoms with Crippen molar-refractivity contribution in [1.29, 1.82) is 0 Å². The number of amides is 2. The molecule has 0 saturated heterocycles. The Morgan fingerprint density at radius 1 is 1.50 bits per heavy atom. The molecule has 0 aliphatic rings. The van der Waals surface area contributed by atoms with E-state index in [1.54, 1.807) is 17.5 Å². The molecule has 0 bridgehead atoms. The molecular weight excluding hydrogens is 252 g/mol. The van der Waals surface area contributed by atoms with Gasteiger partial charge in [-0.1, -0.05) is 17.7 Å². The highest BCUT2D eigenvalue weighted by molar-refractivity contribution is 7.10. The van der Waals surface area contributed by atoms with Crippen LogP contribution in [-0.4, -0.2) is 23.7 Å². The predicted octanol–water partition coefficient (Wildman–Crippen LogP) is 2.14. The number of hydrogen-bond acceptors (Lipinski definition) is 3. The molecule has 98 valence electrons. The number of aliphatic carboxylic acids is 1. The number of hydrogen-bond donors (Lipinski definition) is 3. The second-order valence-electron chi connectivity index (χ2n) is 3.92. The molecule has 0 fully saturated rings. The molecule has 18 heavy (non-hydrogen) atoms. The topological polar surface area (TPSA) is 78.4 Å². The molecule has 5 nitrogen and oxygen atoms in total. The molecule has 1 unspecified atom stereocenters. The van der Waals surface area contributed by atoms with Crippen molar-refractivity contribution in [2.75, 3.05) is 6.54 Å². The minimum Gasteiger partial charge on any atom is -0.479 e. The molecule has 0 aliphatic carbocycles. The Hall–Kier alpha value is -1.82. The molecule has 1 aromatic heterocycles. The van der Waals surface area contributed by atoms with Gasteiger partial charge in [-0.25, -0.2) is 9.59 Å². The van der Waals surface area contributed by atoms with E-state index in [-0.39, 0.29) is 0 Å². The first-order chi connectivity index (χ1) is 8.50. The molecule has 0 saturated carbocycles. The maximum Gasteiger partial charge on any atom is 0.331 e. The molecule has 0 aliphatic heterocycles. The Kier molecular flexibility index (Phi) is 5.38. The number of urea groups is 1. The molecule has 3 N–H and O–H groups in total. The highest BCUT2D eigenvalue weighted by Gasteiger charge is 2.22. The average molecular weight is 268 g/mol. The number of thiophene rings is 1. The van der Waals surface area contributed by atoms with Crippen LogP contribution in [-0.2, 0) is 4.79 Å². The maximum absolute atomic E-state index is 11.5. The molecule has 0 spiro atoms. The van der Waals surface area contributed by atoms with Gasteiger partial charge in [-0.3, -0.25) is 0 Å². The average Bonchev–Trinajstić information content (AvgIpc) is 2.78. The molecule has 1 rings (SSSR count). The van der Waals surface area contributed by atoms with Gasteiger partial charge in [-0.15, -0.1) is 11.3 Å². The Bertz CT molecular complexity index is 436. The highest BCUT2D eigenvalue weighted by atomic mass is 32.1. The normalized spacial score (nSPS) is 11.4. The largest absolute Gasteiger partial charge is 0.479 e. The second-order valence-corrected chi connectivity index (χ2v) is 4.90. The zero-order chi connectivity index (χ0) is 13.5. The van der Waals surface area contributed by atoms with Gasteiger partial charge in [0.25, 0.3) is 0 Å². The van der Waals surface area contributed by atoms with Crippen LogP contribution >= 0.6 is 11.3 Å². The van der Waals surface area contributed by atoms with Gasteiger partial charge in [0.15, 0.2) is 6.04 Å². The lowest BCUT2D eigenvalue weighted by Gasteiger charge is -2.13. The highest BCUT2D eigenvalue weighted by Crippen LogP contribution is 2.18. The molecule has 1 aromatic rings. The lowest BCUT2D eigenvalue weighted by Crippen LogP contribution is -2.40. The van der Waals surface area contributed by atoms with Crippen molar-refractivity contribution >= 4 is 23.3 Å². The van der Waals surface area contributed by atoms with Gasteiger partial charge in [-0.2, -0.15) is 0 Å². The van der Waals surface area contributed by atoms with E-state index in [1.807, 2.05) is 19.9 Å². The van der Waals surface area contributed by atoms with Crippen molar-refractivity contribution in [1.82, 2.24) is 10.6 Å². The fourth-order valence-corrected chi connectivity index (χ4v) is 2.01. The lowest BCUT2D eigenvalue weighted by atomic mass is 10.2. The first kappa shape index (κ1) is 14.2. The molecule has 0 aromatic carbocycles. The third-order valence-corrected chi connectivity index (χ3v) is 3.06. The maximum atomic E-state index is 11.5. The van der Waals surface area contributed by atoms with E-state index in [9.17, 15) is 9.59 Å². The van der Waals surface area contributed by atoms with E-state index in [0.29, 0.717) is 11.4 Å². The van der Waals surface area contributed by atoms with Crippen molar-refractivity contribution in [2.24, 2.45) is 0 Å². The Morgan fingerprint density at radius 2 is 2.22 bits per heavy atom. The summed E-state index contributed by atoms with van der Waals surface area (Å²) in [6.45, 7) is 4.22. The summed E-state index contributed by atoms with van der Waals surface area (Å²) in [6, 6.07) is 1.93. The van der Waals surface area contributed by atoms with Crippen molar-refractivity contribution in [3.63, 3.8) is 0 Å². The SMILES string of the molecule is CC(C)=CCNC(=O)NC(C(=O)O)c1cccs1. The summed E-state index contributed by atoms with van der Waals surface area (Å²) < 4.78 is 0. The monoisotopic (exact) mass is 268 g/mol. The Morgan fingerprint density at radius 3 is 2.72 bits per heavy atom. The molecular formula is C12H16N2O3S. The van der Waals surface area contributed by atoms with Gasteiger partial charge in [0.2, 0.25) is 0 Å². The van der Waals surface area contributed by atoms with E-state index in [2.05, 4.69) is 10.6 Å². The number of nitrogens with one attached hydrogen (secondary N) is 2. The van der Waals surface area contributed by atoms with Crippen molar-refractivity contribution in [3.8, 4) is 0 Å². The first-order valence-corrected chi connectivity index (χ1v) is 6.32. The number of carbonyl (C=O) groups is 2. The van der Waals surface area contributed by atoms with Crippen LogP contribution in [0.15, 0.2) is 29.2 Å². The first-order valence-electron chi connectivity index (χ1n) is 5.44. The Balaban J connectivity index is 2.55. The van der Waals surface area contributed by atoms with E-state index in [4.69, 9.17) is 5.11 Å². The smallest absolute Gasteiger partial charge is 0.331 e. The van der Waals surface area contributed by atoms with Crippen LogP contribution < -0.4 is 10.6 Å². The van der Waals surface area contributed by atoms with Crippen LogP contribution in [0.4, 0.5) is 4.79 Å². The quantitative estimate of drug-likeness (QED) is 0.716. The second kappa shape index (κ2) is 6.80. The van der Waals surface area contributed by atoms with Gasteiger partial charge in [0, 0.05) is 11.4 Å². The summed E-state index contributed by atoms with van der Waals surface area (Å²) in [5.74, 6) is -1.07. The third kappa shape index (κ3) is 4.58. The van der Waals surface area contributed by atoms with E-state index in [1.165, 1.54) is 11.3 Å². The number of carbonyl (C=O) groups excluding carboxylic acids is 1. The van der Waals surface area contributed by atoms with Crippen molar-refractivity contribution in [3.05, 3.63) is 34.0 Å². The van der Waals surface area contributed by atoms with E-state index >= 15 is 0 Å². The summed E-state index contributed by atoms with van der Waals surface area (Å²) in [6.07, 6.45) is 1.85. The number of allylic oxidation sites excluding steroid dienone is 1. The van der Waals surface area contributed by atoms with Gasteiger partial charge >= 0.3 is 12.0 Å². The minimum atomic E-state index is -1.07. The molecule has 1 atom stereocenters. The zero-order valence-electron chi connectivity index (χ0n) is 10.3. The fourth-order valence-electron chi connectivity index (χ4n) is 1.24.